The molecule has 2 aromatic carbocycles. The number of benzene rings is 2. The van der Waals surface area contributed by atoms with Crippen LogP contribution in [0.2, 0.25) is 0 Å². The lowest BCUT2D eigenvalue weighted by molar-refractivity contribution is -0.0436. The van der Waals surface area contributed by atoms with Gasteiger partial charge in [-0.05, 0) is 74.5 Å². The molecule has 2 heterocycles. The van der Waals surface area contributed by atoms with Crippen molar-refractivity contribution in [3.63, 3.8) is 0 Å². The highest BCUT2D eigenvalue weighted by Gasteiger charge is 2.52. The molecule has 3 atom stereocenters. The summed E-state index contributed by atoms with van der Waals surface area (Å²) in [5, 5.41) is 22.9. The monoisotopic (exact) mass is 604 g/mol. The van der Waals surface area contributed by atoms with Crippen LogP contribution in [0.1, 0.15) is 37.7 Å². The molecular formula is C30H35F3N4O4S. The fourth-order valence-electron chi connectivity index (χ4n) is 7.34. The number of piperidine rings is 1. The van der Waals surface area contributed by atoms with E-state index >= 15 is 0 Å². The summed E-state index contributed by atoms with van der Waals surface area (Å²) >= 11 is 0. The van der Waals surface area contributed by atoms with Crippen LogP contribution in [0.3, 0.4) is 0 Å². The minimum Gasteiger partial charge on any atom is -0.465 e. The largest absolute Gasteiger partial charge is 0.501 e. The van der Waals surface area contributed by atoms with Crippen LogP contribution in [-0.4, -0.2) is 68.8 Å². The summed E-state index contributed by atoms with van der Waals surface area (Å²) in [6.45, 7) is 3.96. The van der Waals surface area contributed by atoms with E-state index < -0.39 is 31.7 Å². The zero-order valence-electron chi connectivity index (χ0n) is 23.1. The van der Waals surface area contributed by atoms with E-state index in [1.165, 1.54) is 12.1 Å². The molecule has 2 saturated heterocycles. The standard InChI is InChI=1S/C30H35F3N4O4S/c31-30(32,33)42(40,41)25-11-9-24(10-12-25)37-18-21(19-37)17-36-15-13-23(14-16-36)29(20-34,22-5-2-1-3-6-22)26-7-4-8-27(26)35-28(38)39/h1-3,5-6,9-12,21,23,26-27,35H,4,7-8,13-19H2,(H,38,39)/t26-,27-,29?/m0/s1. The first-order valence-electron chi connectivity index (χ1n) is 14.3. The van der Waals surface area contributed by atoms with E-state index in [4.69, 9.17) is 0 Å². The van der Waals surface area contributed by atoms with E-state index in [2.05, 4.69) is 16.3 Å². The van der Waals surface area contributed by atoms with Crippen LogP contribution in [0.4, 0.5) is 23.7 Å². The fraction of sp³-hybridized carbons (Fsp3) is 0.533. The number of amides is 1. The summed E-state index contributed by atoms with van der Waals surface area (Å²) in [7, 11) is -5.36. The molecule has 3 fully saturated rings. The van der Waals surface area contributed by atoms with Crippen LogP contribution in [0.5, 0.6) is 0 Å². The molecule has 1 saturated carbocycles. The molecule has 2 aliphatic heterocycles. The summed E-state index contributed by atoms with van der Waals surface area (Å²) in [5.74, 6) is 0.357. The Labute approximate surface area is 244 Å². The second kappa shape index (κ2) is 11.8. The van der Waals surface area contributed by atoms with E-state index in [0.29, 0.717) is 11.6 Å². The number of nitriles is 1. The molecule has 8 nitrogen and oxygen atoms in total. The molecule has 0 spiro atoms. The first kappa shape index (κ1) is 30.2. The maximum Gasteiger partial charge on any atom is 0.501 e. The Hall–Kier alpha value is -3.30. The molecule has 12 heteroatoms. The van der Waals surface area contributed by atoms with Gasteiger partial charge in [-0.3, -0.25) is 0 Å². The SMILES string of the molecule is N#CC(c1ccccc1)(C1CCN(CC2CN(c3ccc(S(=O)(=O)C(F)(F)F)cc3)C2)CC1)[C@H]1CCC[C@@H]1NC(=O)O. The number of likely N-dealkylation sites (tertiary alicyclic amines) is 1. The van der Waals surface area contributed by atoms with E-state index in [-0.39, 0.29) is 17.9 Å². The molecule has 1 amide bonds. The third-order valence-corrected chi connectivity index (χ3v) is 10.9. The van der Waals surface area contributed by atoms with Gasteiger partial charge in [0.05, 0.1) is 16.4 Å². The summed E-state index contributed by atoms with van der Waals surface area (Å²) in [4.78, 5) is 15.2. The quantitative estimate of drug-likeness (QED) is 0.435. The average Bonchev–Trinajstić information content (AvgIpc) is 3.40. The first-order valence-corrected chi connectivity index (χ1v) is 15.8. The number of hydrogen-bond acceptors (Lipinski definition) is 6. The Kier molecular flexibility index (Phi) is 8.45. The van der Waals surface area contributed by atoms with E-state index in [1.807, 2.05) is 35.2 Å². The van der Waals surface area contributed by atoms with Crippen molar-refractivity contribution >= 4 is 21.6 Å². The molecule has 1 aliphatic carbocycles. The van der Waals surface area contributed by atoms with E-state index in [9.17, 15) is 36.8 Å². The number of halogens is 3. The van der Waals surface area contributed by atoms with E-state index in [0.717, 1.165) is 82.5 Å². The highest BCUT2D eigenvalue weighted by molar-refractivity contribution is 7.92. The topological polar surface area (TPSA) is 114 Å². The number of nitrogens with one attached hydrogen (secondary N) is 1. The number of hydrogen-bond donors (Lipinski definition) is 2. The van der Waals surface area contributed by atoms with Gasteiger partial charge in [0.15, 0.2) is 0 Å². The smallest absolute Gasteiger partial charge is 0.465 e. The van der Waals surface area contributed by atoms with Crippen molar-refractivity contribution < 1.29 is 31.5 Å². The molecule has 3 aliphatic rings. The molecule has 1 unspecified atom stereocenters. The van der Waals surface area contributed by atoms with Gasteiger partial charge in [0.25, 0.3) is 9.84 Å². The van der Waals surface area contributed by atoms with E-state index in [1.54, 1.807) is 0 Å². The fourth-order valence-corrected chi connectivity index (χ4v) is 8.11. The molecule has 0 bridgehead atoms. The van der Waals surface area contributed by atoms with Gasteiger partial charge in [-0.25, -0.2) is 13.2 Å². The van der Waals surface area contributed by atoms with Gasteiger partial charge in [0.1, 0.15) is 0 Å². The van der Waals surface area contributed by atoms with Crippen molar-refractivity contribution in [2.24, 2.45) is 17.8 Å². The van der Waals surface area contributed by atoms with Crippen LogP contribution in [0.15, 0.2) is 59.5 Å². The maximum atomic E-state index is 12.8. The van der Waals surface area contributed by atoms with Crippen LogP contribution in [0.25, 0.3) is 0 Å². The lowest BCUT2D eigenvalue weighted by atomic mass is 9.59. The highest BCUT2D eigenvalue weighted by atomic mass is 32.2. The molecule has 226 valence electrons. The molecule has 42 heavy (non-hydrogen) atoms. The number of carbonyl (C=O) groups is 1. The predicted octanol–water partition coefficient (Wildman–Crippen LogP) is 5.03. The van der Waals surface area contributed by atoms with Gasteiger partial charge in [-0.1, -0.05) is 36.8 Å². The summed E-state index contributed by atoms with van der Waals surface area (Å²) in [5.41, 5.74) is -4.46. The van der Waals surface area contributed by atoms with Crippen LogP contribution in [-0.2, 0) is 15.3 Å². The lowest BCUT2D eigenvalue weighted by Crippen LogP contribution is -2.55. The minimum absolute atomic E-state index is 0.0896. The van der Waals surface area contributed by atoms with Gasteiger partial charge in [0.2, 0.25) is 0 Å². The highest BCUT2D eigenvalue weighted by Crippen LogP contribution is 2.50. The predicted molar refractivity (Wildman–Crippen MR) is 151 cm³/mol. The maximum absolute atomic E-state index is 12.8. The van der Waals surface area contributed by atoms with Crippen LogP contribution < -0.4 is 10.2 Å². The van der Waals surface area contributed by atoms with Gasteiger partial charge >= 0.3 is 11.6 Å². The minimum atomic E-state index is -5.36. The number of alkyl halides is 3. The Morgan fingerprint density at radius 2 is 1.64 bits per heavy atom. The lowest BCUT2D eigenvalue weighted by Gasteiger charge is -2.48. The third kappa shape index (κ3) is 5.69. The van der Waals surface area contributed by atoms with Crippen molar-refractivity contribution in [2.75, 3.05) is 37.6 Å². The second-order valence-corrected chi connectivity index (χ2v) is 13.7. The number of anilines is 1. The summed E-state index contributed by atoms with van der Waals surface area (Å²) in [6, 6.07) is 17.1. The number of sulfone groups is 1. The molecule has 2 aromatic rings. The van der Waals surface area contributed by atoms with Crippen molar-refractivity contribution in [1.29, 1.82) is 5.26 Å². The summed E-state index contributed by atoms with van der Waals surface area (Å²) in [6.07, 6.45) is 3.00. The van der Waals surface area contributed by atoms with Gasteiger partial charge < -0.3 is 20.2 Å². The van der Waals surface area contributed by atoms with Crippen molar-refractivity contribution in [2.45, 2.75) is 54.0 Å². The Bertz CT molecular complexity index is 1400. The number of carboxylic acid groups (broad SMARTS) is 1. The van der Waals surface area contributed by atoms with Crippen molar-refractivity contribution in [3.8, 4) is 6.07 Å². The van der Waals surface area contributed by atoms with Gasteiger partial charge in [-0.15, -0.1) is 0 Å². The molecule has 5 rings (SSSR count). The number of rotatable bonds is 8. The summed E-state index contributed by atoms with van der Waals surface area (Å²) < 4.78 is 61.7. The average molecular weight is 605 g/mol. The molecule has 0 radical (unpaired) electrons. The van der Waals surface area contributed by atoms with Crippen LogP contribution in [0, 0.1) is 29.1 Å². The molecular weight excluding hydrogens is 569 g/mol. The third-order valence-electron chi connectivity index (χ3n) is 9.37. The normalized spacial score (nSPS) is 24.0. The molecule has 0 aromatic heterocycles. The second-order valence-electron chi connectivity index (χ2n) is 11.7. The zero-order valence-corrected chi connectivity index (χ0v) is 23.9. The zero-order chi connectivity index (χ0) is 30.1. The Balaban J connectivity index is 1.20. The first-order chi connectivity index (χ1) is 20.0. The number of nitrogens with zero attached hydrogens (tertiary/aromatic N) is 3. The van der Waals surface area contributed by atoms with Crippen LogP contribution >= 0.6 is 0 Å². The Morgan fingerprint density at radius 1 is 1.00 bits per heavy atom. The molecule has 2 N–H and O–H groups in total. The van der Waals surface area contributed by atoms with Crippen molar-refractivity contribution in [3.05, 3.63) is 60.2 Å². The van der Waals surface area contributed by atoms with Gasteiger partial charge in [0, 0.05) is 43.2 Å². The Morgan fingerprint density at radius 3 is 2.21 bits per heavy atom. The van der Waals surface area contributed by atoms with Crippen molar-refractivity contribution in [1.82, 2.24) is 10.2 Å². The van der Waals surface area contributed by atoms with Gasteiger partial charge in [-0.2, -0.15) is 18.4 Å².